The van der Waals surface area contributed by atoms with Crippen LogP contribution in [-0.4, -0.2) is 17.9 Å². The predicted octanol–water partition coefficient (Wildman–Crippen LogP) is 14.3. The molecule has 0 unspecified atom stereocenters. The Morgan fingerprint density at radius 3 is 0.574 bits per heavy atom. The Labute approximate surface area is 395 Å². The summed E-state index contributed by atoms with van der Waals surface area (Å²) >= 11 is 0. The van der Waals surface area contributed by atoms with Crippen LogP contribution in [-0.2, 0) is 36.8 Å². The molecular formula is C54H99AuO6. The third-order valence-electron chi connectivity index (χ3n) is 10.9. The summed E-state index contributed by atoms with van der Waals surface area (Å²) in [6, 6.07) is 0. The fourth-order valence-corrected chi connectivity index (χ4v) is 7.02. The molecule has 0 aromatic heterocycles. The molecule has 0 fully saturated rings. The van der Waals surface area contributed by atoms with Crippen LogP contribution in [0.3, 0.4) is 0 Å². The summed E-state index contributed by atoms with van der Waals surface area (Å²) in [6.07, 6.45) is 62.7. The molecule has 0 N–H and O–H groups in total. The number of rotatable bonds is 45. The molecule has 0 saturated heterocycles. The quantitative estimate of drug-likeness (QED) is 0.0340. The first-order valence-electron chi connectivity index (χ1n) is 25.9. The van der Waals surface area contributed by atoms with Gasteiger partial charge >= 0.3 is 22.4 Å². The van der Waals surface area contributed by atoms with Crippen molar-refractivity contribution in [3.63, 3.8) is 0 Å². The van der Waals surface area contributed by atoms with E-state index in [9.17, 15) is 29.7 Å². The van der Waals surface area contributed by atoms with E-state index in [2.05, 4.69) is 57.2 Å². The van der Waals surface area contributed by atoms with Crippen LogP contribution in [0.1, 0.15) is 290 Å². The Kier molecular flexibility index (Phi) is 67.8. The van der Waals surface area contributed by atoms with Crippen LogP contribution in [0.15, 0.2) is 36.5 Å². The number of carboxylic acid groups (broad SMARTS) is 3. The second-order valence-corrected chi connectivity index (χ2v) is 17.1. The Bertz CT molecular complexity index is 827. The van der Waals surface area contributed by atoms with Crippen molar-refractivity contribution >= 4 is 17.9 Å². The molecule has 0 spiro atoms. The molecule has 0 aliphatic heterocycles. The summed E-state index contributed by atoms with van der Waals surface area (Å²) in [6.45, 7) is 6.77. The molecule has 0 aliphatic rings. The van der Waals surface area contributed by atoms with Gasteiger partial charge in [0.05, 0.1) is 0 Å². The van der Waals surface area contributed by atoms with Gasteiger partial charge < -0.3 is 29.7 Å². The van der Waals surface area contributed by atoms with Crippen molar-refractivity contribution in [2.24, 2.45) is 0 Å². The fraction of sp³-hybridized carbons (Fsp3) is 0.833. The number of hydrogen-bond acceptors (Lipinski definition) is 6. The topological polar surface area (TPSA) is 120 Å². The number of aliphatic carboxylic acids is 3. The Morgan fingerprint density at radius 1 is 0.262 bits per heavy atom. The van der Waals surface area contributed by atoms with Gasteiger partial charge in [0.15, 0.2) is 0 Å². The standard InChI is InChI=1S/3C18H34O2.Au/c3*1-2-3-4-5-6-7-8-9-10-11-12-13-14-15-16-17-18(19)20;/h3*9-10H,2-8,11-17H2,1H3,(H,19,20);/q;;;+3/p-3/b3*10-9-;. The van der Waals surface area contributed by atoms with Gasteiger partial charge in [0.25, 0.3) is 0 Å². The van der Waals surface area contributed by atoms with E-state index >= 15 is 0 Å². The molecule has 7 heteroatoms. The van der Waals surface area contributed by atoms with Gasteiger partial charge in [0.2, 0.25) is 0 Å². The van der Waals surface area contributed by atoms with Crippen molar-refractivity contribution in [1.29, 1.82) is 0 Å². The average Bonchev–Trinajstić information content (AvgIpc) is 3.22. The van der Waals surface area contributed by atoms with Gasteiger partial charge in [-0.3, -0.25) is 0 Å². The maximum absolute atomic E-state index is 10.2. The van der Waals surface area contributed by atoms with Gasteiger partial charge in [-0.2, -0.15) is 0 Å². The van der Waals surface area contributed by atoms with Crippen LogP contribution in [0.25, 0.3) is 0 Å². The smallest absolute Gasteiger partial charge is 0.550 e. The monoisotopic (exact) mass is 1040 g/mol. The number of carbonyl (C=O) groups excluding carboxylic acids is 3. The first-order valence-corrected chi connectivity index (χ1v) is 25.9. The SMILES string of the molecule is CCCCCCCC/C=C\CCCCCCCC(=O)[O-].CCCCCCCC/C=C\CCCCCCCC(=O)[O-].CCCCCCCC/C=C\CCCCCCCC(=O)[O-].[Au+3]. The molecule has 6 nitrogen and oxygen atoms in total. The summed E-state index contributed by atoms with van der Waals surface area (Å²) in [5.74, 6) is -2.74. The van der Waals surface area contributed by atoms with E-state index in [1.165, 1.54) is 193 Å². The largest absolute Gasteiger partial charge is 3.00 e. The molecule has 0 aromatic carbocycles. The van der Waals surface area contributed by atoms with Gasteiger partial charge in [-0.25, -0.2) is 0 Å². The third-order valence-corrected chi connectivity index (χ3v) is 10.9. The molecule has 0 aliphatic carbocycles. The van der Waals surface area contributed by atoms with Crippen LogP contribution in [0.4, 0.5) is 0 Å². The third kappa shape index (κ3) is 76.1. The van der Waals surface area contributed by atoms with Crippen molar-refractivity contribution in [3.8, 4) is 0 Å². The van der Waals surface area contributed by atoms with E-state index < -0.39 is 17.9 Å². The average molecular weight is 1040 g/mol. The summed E-state index contributed by atoms with van der Waals surface area (Å²) in [4.78, 5) is 30.6. The molecule has 0 heterocycles. The molecule has 0 atom stereocenters. The van der Waals surface area contributed by atoms with E-state index in [4.69, 9.17) is 0 Å². The molecule has 61 heavy (non-hydrogen) atoms. The van der Waals surface area contributed by atoms with Gasteiger partial charge in [0.1, 0.15) is 0 Å². The van der Waals surface area contributed by atoms with E-state index in [-0.39, 0.29) is 41.6 Å². The molecule has 0 aromatic rings. The summed E-state index contributed by atoms with van der Waals surface area (Å²) in [5, 5.41) is 30.6. The zero-order chi connectivity index (χ0) is 44.7. The van der Waals surface area contributed by atoms with Crippen molar-refractivity contribution < 1.29 is 52.1 Å². The number of carboxylic acids is 3. The minimum atomic E-state index is -0.914. The Morgan fingerprint density at radius 2 is 0.410 bits per heavy atom. The zero-order valence-corrected chi connectivity index (χ0v) is 42.6. The van der Waals surface area contributed by atoms with Gasteiger partial charge in [-0.15, -0.1) is 0 Å². The molecule has 0 rings (SSSR count). The first-order chi connectivity index (χ1) is 29.3. The van der Waals surface area contributed by atoms with E-state index in [0.717, 1.165) is 57.8 Å². The molecule has 0 radical (unpaired) electrons. The van der Waals surface area contributed by atoms with Crippen molar-refractivity contribution in [2.45, 2.75) is 290 Å². The normalized spacial score (nSPS) is 11.1. The van der Waals surface area contributed by atoms with Gasteiger partial charge in [-0.1, -0.05) is 211 Å². The van der Waals surface area contributed by atoms with Crippen molar-refractivity contribution in [3.05, 3.63) is 36.5 Å². The van der Waals surface area contributed by atoms with Crippen LogP contribution in [0.5, 0.6) is 0 Å². The Hall–Kier alpha value is -1.63. The second-order valence-electron chi connectivity index (χ2n) is 17.1. The van der Waals surface area contributed by atoms with Crippen LogP contribution in [0.2, 0.25) is 0 Å². The van der Waals surface area contributed by atoms with Gasteiger partial charge in [0, 0.05) is 17.9 Å². The van der Waals surface area contributed by atoms with Crippen molar-refractivity contribution in [1.82, 2.24) is 0 Å². The Balaban J connectivity index is -0.000000396. The summed E-state index contributed by atoms with van der Waals surface area (Å²) in [5.41, 5.74) is 0. The minimum Gasteiger partial charge on any atom is -0.550 e. The number of unbranched alkanes of at least 4 members (excludes halogenated alkanes) is 33. The molecule has 0 saturated carbocycles. The molecule has 0 bridgehead atoms. The van der Waals surface area contributed by atoms with E-state index in [1.54, 1.807) is 0 Å². The second kappa shape index (κ2) is 62.7. The minimum absolute atomic E-state index is 0. The molecule has 0 amide bonds. The predicted molar refractivity (Wildman–Crippen MR) is 253 cm³/mol. The van der Waals surface area contributed by atoms with Crippen LogP contribution in [0, 0.1) is 0 Å². The zero-order valence-electron chi connectivity index (χ0n) is 40.4. The molecular weight excluding hydrogens is 942 g/mol. The number of allylic oxidation sites excluding steroid dienone is 6. The summed E-state index contributed by atoms with van der Waals surface area (Å²) in [7, 11) is 0. The number of hydrogen-bond donors (Lipinski definition) is 0. The van der Waals surface area contributed by atoms with Crippen LogP contribution < -0.4 is 15.3 Å². The maximum atomic E-state index is 10.2. The maximum Gasteiger partial charge on any atom is 3.00 e. The molecule has 362 valence electrons. The first kappa shape index (κ1) is 66.0. The number of carbonyl (C=O) groups is 3. The fourth-order valence-electron chi connectivity index (χ4n) is 7.02. The van der Waals surface area contributed by atoms with Gasteiger partial charge in [-0.05, 0) is 116 Å². The van der Waals surface area contributed by atoms with Crippen molar-refractivity contribution in [2.75, 3.05) is 0 Å². The van der Waals surface area contributed by atoms with Crippen LogP contribution >= 0.6 is 0 Å². The summed E-state index contributed by atoms with van der Waals surface area (Å²) < 4.78 is 0. The van der Waals surface area contributed by atoms with E-state index in [0.29, 0.717) is 0 Å². The van der Waals surface area contributed by atoms with E-state index in [1.807, 2.05) is 0 Å².